The van der Waals surface area contributed by atoms with Gasteiger partial charge in [0.15, 0.2) is 0 Å². The number of sulfonamides is 1. The van der Waals surface area contributed by atoms with Gasteiger partial charge in [0, 0.05) is 30.2 Å². The second-order valence-electron chi connectivity index (χ2n) is 14.4. The van der Waals surface area contributed by atoms with E-state index in [9.17, 15) is 27.5 Å². The molecule has 3 aromatic carbocycles. The first-order valence-corrected chi connectivity index (χ1v) is 18.6. The lowest BCUT2D eigenvalue weighted by molar-refractivity contribution is -0.132. The first-order chi connectivity index (χ1) is 24.0. The Morgan fingerprint density at radius 3 is 2.31 bits per heavy atom. The van der Waals surface area contributed by atoms with E-state index in [1.54, 1.807) is 42.6 Å². The fourth-order valence-electron chi connectivity index (χ4n) is 5.84. The van der Waals surface area contributed by atoms with Gasteiger partial charge in [-0.05, 0) is 79.6 Å². The topological polar surface area (TPSA) is 141 Å². The summed E-state index contributed by atoms with van der Waals surface area (Å²) in [5.74, 6) is -1.35. The van der Waals surface area contributed by atoms with Gasteiger partial charge in [0.2, 0.25) is 21.8 Å². The predicted octanol–water partition coefficient (Wildman–Crippen LogP) is 4.92. The maximum Gasteiger partial charge on any atom is 0.243 e. The van der Waals surface area contributed by atoms with Crippen LogP contribution in [-0.4, -0.2) is 72.4 Å². The molecule has 4 aromatic rings. The summed E-state index contributed by atoms with van der Waals surface area (Å²) < 4.78 is 43.0. The van der Waals surface area contributed by atoms with Crippen LogP contribution in [0.1, 0.15) is 59.1 Å². The molecular weight excluding hydrogens is 670 g/mol. The zero-order valence-electron chi connectivity index (χ0n) is 30.2. The Bertz CT molecular complexity index is 1900. The Balaban J connectivity index is 1.54. The van der Waals surface area contributed by atoms with Crippen LogP contribution in [0, 0.1) is 11.2 Å². The first kappa shape index (κ1) is 39.6. The van der Waals surface area contributed by atoms with Crippen molar-refractivity contribution in [2.24, 2.45) is 5.41 Å². The van der Waals surface area contributed by atoms with E-state index < -0.39 is 51.0 Å². The number of amides is 2. The van der Waals surface area contributed by atoms with Gasteiger partial charge in [-0.2, -0.15) is 4.31 Å². The monoisotopic (exact) mass is 719 g/mol. The molecule has 10 nitrogen and oxygen atoms in total. The van der Waals surface area contributed by atoms with Crippen molar-refractivity contribution in [1.82, 2.24) is 25.2 Å². The maximum absolute atomic E-state index is 14.0. The SMILES string of the molecule is CCCN(C[C@@H](O)[C@H](Cc1ccccc1)NC(=O)[C@@H](NC(=O)CNC(C)(C)c1cccc(F)c1)C(C)(C)C)S(=O)(=O)c1ccc2ncccc2c1. The second kappa shape index (κ2) is 16.9. The van der Waals surface area contributed by atoms with Gasteiger partial charge in [0.05, 0.1) is 29.1 Å². The van der Waals surface area contributed by atoms with E-state index >= 15 is 0 Å². The van der Waals surface area contributed by atoms with Crippen molar-refractivity contribution in [3.63, 3.8) is 0 Å². The largest absolute Gasteiger partial charge is 0.390 e. The molecule has 0 aliphatic rings. The van der Waals surface area contributed by atoms with Crippen molar-refractivity contribution >= 4 is 32.7 Å². The molecule has 3 atom stereocenters. The fraction of sp³-hybridized carbons (Fsp3) is 0.410. The molecule has 0 aliphatic carbocycles. The highest BCUT2D eigenvalue weighted by Crippen LogP contribution is 2.24. The molecule has 0 unspecified atom stereocenters. The molecule has 0 spiro atoms. The Morgan fingerprint density at radius 1 is 0.922 bits per heavy atom. The number of carbonyl (C=O) groups excluding carboxylic acids is 2. The number of benzene rings is 3. The quantitative estimate of drug-likeness (QED) is 0.129. The molecule has 0 aliphatic heterocycles. The lowest BCUT2D eigenvalue weighted by Gasteiger charge is -2.34. The molecule has 4 rings (SSSR count). The van der Waals surface area contributed by atoms with E-state index in [0.29, 0.717) is 22.9 Å². The molecule has 2 amide bonds. The minimum atomic E-state index is -4.03. The van der Waals surface area contributed by atoms with E-state index in [1.165, 1.54) is 22.5 Å². The third kappa shape index (κ3) is 10.6. The second-order valence-corrected chi connectivity index (χ2v) is 16.4. The average molecular weight is 720 g/mol. The minimum absolute atomic E-state index is 0.0805. The van der Waals surface area contributed by atoms with Crippen LogP contribution >= 0.6 is 0 Å². The van der Waals surface area contributed by atoms with Gasteiger partial charge in [-0.25, -0.2) is 12.8 Å². The zero-order valence-corrected chi connectivity index (χ0v) is 31.0. The zero-order chi connectivity index (χ0) is 37.4. The number of nitrogens with zero attached hydrogens (tertiary/aromatic N) is 2. The van der Waals surface area contributed by atoms with Gasteiger partial charge in [-0.15, -0.1) is 0 Å². The fourth-order valence-corrected chi connectivity index (χ4v) is 7.43. The third-order valence-electron chi connectivity index (χ3n) is 8.84. The molecular formula is C39H50FN5O5S. The van der Waals surface area contributed by atoms with E-state index in [1.807, 2.05) is 71.9 Å². The van der Waals surface area contributed by atoms with E-state index in [-0.39, 0.29) is 36.8 Å². The molecule has 0 saturated carbocycles. The summed E-state index contributed by atoms with van der Waals surface area (Å²) in [7, 11) is -4.03. The van der Waals surface area contributed by atoms with Gasteiger partial charge < -0.3 is 15.7 Å². The Hall–Kier alpha value is -4.23. The van der Waals surface area contributed by atoms with Gasteiger partial charge in [-0.3, -0.25) is 19.9 Å². The minimum Gasteiger partial charge on any atom is -0.390 e. The summed E-state index contributed by atoms with van der Waals surface area (Å²) in [5, 5.41) is 21.3. The summed E-state index contributed by atoms with van der Waals surface area (Å²) in [4.78, 5) is 31.6. The number of hydrogen-bond acceptors (Lipinski definition) is 7. The van der Waals surface area contributed by atoms with Gasteiger partial charge in [-0.1, -0.05) is 76.2 Å². The highest BCUT2D eigenvalue weighted by molar-refractivity contribution is 7.89. The van der Waals surface area contributed by atoms with Crippen molar-refractivity contribution in [2.75, 3.05) is 19.6 Å². The van der Waals surface area contributed by atoms with Crippen LogP contribution in [0.3, 0.4) is 0 Å². The smallest absolute Gasteiger partial charge is 0.243 e. The first-order valence-electron chi connectivity index (χ1n) is 17.2. The van der Waals surface area contributed by atoms with Gasteiger partial charge >= 0.3 is 0 Å². The highest BCUT2D eigenvalue weighted by Gasteiger charge is 2.37. The van der Waals surface area contributed by atoms with Crippen LogP contribution in [0.25, 0.3) is 10.9 Å². The summed E-state index contributed by atoms with van der Waals surface area (Å²) in [6.45, 7) is 10.7. The summed E-state index contributed by atoms with van der Waals surface area (Å²) in [6.07, 6.45) is 1.05. The van der Waals surface area contributed by atoms with Crippen molar-refractivity contribution in [3.8, 4) is 0 Å². The van der Waals surface area contributed by atoms with Crippen molar-refractivity contribution in [3.05, 3.63) is 108 Å². The Morgan fingerprint density at radius 2 is 1.65 bits per heavy atom. The number of aromatic nitrogens is 1. The van der Waals surface area contributed by atoms with Crippen molar-refractivity contribution < 1.29 is 27.5 Å². The van der Waals surface area contributed by atoms with Gasteiger partial charge in [0.25, 0.3) is 0 Å². The third-order valence-corrected chi connectivity index (χ3v) is 10.7. The molecule has 51 heavy (non-hydrogen) atoms. The average Bonchev–Trinajstić information content (AvgIpc) is 3.08. The highest BCUT2D eigenvalue weighted by atomic mass is 32.2. The van der Waals surface area contributed by atoms with E-state index in [0.717, 1.165) is 5.56 Å². The number of pyridine rings is 1. The number of aliphatic hydroxyl groups excluding tert-OH is 1. The summed E-state index contributed by atoms with van der Waals surface area (Å²) >= 11 is 0. The molecule has 1 aromatic heterocycles. The number of halogens is 1. The van der Waals surface area contributed by atoms with Gasteiger partial charge in [0.1, 0.15) is 11.9 Å². The molecule has 274 valence electrons. The number of rotatable bonds is 16. The molecule has 0 bridgehead atoms. The van der Waals surface area contributed by atoms with Crippen LogP contribution in [-0.2, 0) is 31.6 Å². The Labute approximate surface area is 300 Å². The normalized spacial score (nSPS) is 14.2. The molecule has 4 N–H and O–H groups in total. The van der Waals surface area contributed by atoms with E-state index in [4.69, 9.17) is 0 Å². The number of nitrogens with one attached hydrogen (secondary N) is 3. The number of carbonyl (C=O) groups is 2. The van der Waals surface area contributed by atoms with Crippen LogP contribution in [0.4, 0.5) is 4.39 Å². The van der Waals surface area contributed by atoms with Crippen LogP contribution in [0.2, 0.25) is 0 Å². The molecule has 12 heteroatoms. The van der Waals surface area contributed by atoms with Crippen LogP contribution in [0.15, 0.2) is 96.0 Å². The van der Waals surface area contributed by atoms with Crippen LogP contribution in [0.5, 0.6) is 0 Å². The maximum atomic E-state index is 14.0. The summed E-state index contributed by atoms with van der Waals surface area (Å²) in [5.41, 5.74) is 0.681. The summed E-state index contributed by atoms with van der Waals surface area (Å²) in [6, 6.07) is 21.8. The standard InChI is InChI=1S/C39H50FN5O5S/c1-7-21-45(51(49,50)31-18-19-32-28(23-31)15-12-20-41-32)26-34(46)33(22-27-13-9-8-10-14-27)43-37(48)36(38(2,3)4)44-35(47)25-42-39(5,6)29-16-11-17-30(40)24-29/h8-20,23-24,33-34,36,42,46H,7,21-22,25-26H2,1-6H3,(H,43,48)(H,44,47)/t33-,34+,36+/m0/s1. The Kier molecular flexibility index (Phi) is 13.1. The molecule has 0 fully saturated rings. The predicted molar refractivity (Wildman–Crippen MR) is 198 cm³/mol. The molecule has 0 radical (unpaired) electrons. The van der Waals surface area contributed by atoms with E-state index in [2.05, 4.69) is 20.9 Å². The number of fused-ring (bicyclic) bond motifs is 1. The number of hydrogen-bond donors (Lipinski definition) is 4. The van der Waals surface area contributed by atoms with Crippen molar-refractivity contribution in [1.29, 1.82) is 0 Å². The van der Waals surface area contributed by atoms with Crippen LogP contribution < -0.4 is 16.0 Å². The van der Waals surface area contributed by atoms with Crippen molar-refractivity contribution in [2.45, 2.75) is 83.0 Å². The molecule has 0 saturated heterocycles. The molecule has 1 heterocycles. The lowest BCUT2D eigenvalue weighted by atomic mass is 9.85. The number of aliphatic hydroxyl groups is 1. The lowest BCUT2D eigenvalue weighted by Crippen LogP contribution is -2.59.